The van der Waals surface area contributed by atoms with Crippen LogP contribution in [0, 0.1) is 0 Å². The third-order valence-electron chi connectivity index (χ3n) is 2.31. The second kappa shape index (κ2) is 6.24. The highest BCUT2D eigenvalue weighted by Gasteiger charge is 2.27. The van der Waals surface area contributed by atoms with E-state index in [1.165, 1.54) is 6.20 Å². The van der Waals surface area contributed by atoms with Gasteiger partial charge in [0.25, 0.3) is 0 Å². The number of nitrogens with zero attached hydrogens (tertiary/aromatic N) is 1. The molecule has 6 heteroatoms. The molecule has 1 aliphatic heterocycles. The number of carboxylic acids is 1. The van der Waals surface area contributed by atoms with Crippen molar-refractivity contribution in [3.63, 3.8) is 0 Å². The predicted octanol–water partition coefficient (Wildman–Crippen LogP) is -0.190. The van der Waals surface area contributed by atoms with Crippen LogP contribution in [0.25, 0.3) is 0 Å². The van der Waals surface area contributed by atoms with Gasteiger partial charge >= 0.3 is 5.97 Å². The standard InChI is InChI=1S/C11H18N2O4/c1-8(2)12-11(16)9-7-17-6-5-13(9)4-3-10(14)15/h3-4,8-9H,5-7H2,1-2H3,(H,12,16)(H,14,15)/b4-3+. The third kappa shape index (κ3) is 4.44. The molecule has 0 aliphatic carbocycles. The number of nitrogens with one attached hydrogen (secondary N) is 1. The average Bonchev–Trinajstić information content (AvgIpc) is 2.25. The summed E-state index contributed by atoms with van der Waals surface area (Å²) in [6.45, 7) is 5.04. The highest BCUT2D eigenvalue weighted by Crippen LogP contribution is 2.08. The Morgan fingerprint density at radius 3 is 2.82 bits per heavy atom. The smallest absolute Gasteiger partial charge is 0.329 e. The lowest BCUT2D eigenvalue weighted by molar-refractivity contribution is -0.133. The number of carboxylic acid groups (broad SMARTS) is 1. The maximum Gasteiger partial charge on any atom is 0.329 e. The fourth-order valence-electron chi connectivity index (χ4n) is 1.56. The van der Waals surface area contributed by atoms with E-state index >= 15 is 0 Å². The van der Waals surface area contributed by atoms with Crippen molar-refractivity contribution in [3.05, 3.63) is 12.3 Å². The van der Waals surface area contributed by atoms with Gasteiger partial charge in [-0.1, -0.05) is 0 Å². The maximum atomic E-state index is 11.8. The van der Waals surface area contributed by atoms with Crippen molar-refractivity contribution in [2.75, 3.05) is 19.8 Å². The molecule has 0 aromatic rings. The molecule has 1 fully saturated rings. The summed E-state index contributed by atoms with van der Waals surface area (Å²) in [5.74, 6) is -1.17. The quantitative estimate of drug-likeness (QED) is 0.668. The van der Waals surface area contributed by atoms with Crippen LogP contribution in [0.5, 0.6) is 0 Å². The normalized spacial score (nSPS) is 20.9. The molecule has 17 heavy (non-hydrogen) atoms. The van der Waals surface area contributed by atoms with Crippen LogP contribution in [-0.4, -0.2) is 53.7 Å². The fraction of sp³-hybridized carbons (Fsp3) is 0.636. The van der Waals surface area contributed by atoms with Crippen LogP contribution in [0.2, 0.25) is 0 Å². The molecule has 1 amide bonds. The van der Waals surface area contributed by atoms with E-state index in [9.17, 15) is 9.59 Å². The molecule has 0 saturated carbocycles. The minimum atomic E-state index is -1.03. The van der Waals surface area contributed by atoms with Crippen molar-refractivity contribution in [2.24, 2.45) is 0 Å². The average molecular weight is 242 g/mol. The van der Waals surface area contributed by atoms with Crippen molar-refractivity contribution in [2.45, 2.75) is 25.9 Å². The van der Waals surface area contributed by atoms with Crippen LogP contribution in [0.15, 0.2) is 12.3 Å². The Morgan fingerprint density at radius 1 is 1.53 bits per heavy atom. The van der Waals surface area contributed by atoms with E-state index in [0.717, 1.165) is 6.08 Å². The van der Waals surface area contributed by atoms with E-state index in [1.54, 1.807) is 4.90 Å². The monoisotopic (exact) mass is 242 g/mol. The van der Waals surface area contributed by atoms with E-state index in [4.69, 9.17) is 9.84 Å². The van der Waals surface area contributed by atoms with Gasteiger partial charge in [0.15, 0.2) is 0 Å². The third-order valence-corrected chi connectivity index (χ3v) is 2.31. The summed E-state index contributed by atoms with van der Waals surface area (Å²) in [5.41, 5.74) is 0. The number of rotatable bonds is 4. The van der Waals surface area contributed by atoms with Crippen LogP contribution in [-0.2, 0) is 14.3 Å². The van der Waals surface area contributed by atoms with Crippen LogP contribution in [0.4, 0.5) is 0 Å². The van der Waals surface area contributed by atoms with E-state index in [0.29, 0.717) is 13.2 Å². The number of ether oxygens (including phenoxy) is 1. The van der Waals surface area contributed by atoms with Crippen molar-refractivity contribution < 1.29 is 19.4 Å². The summed E-state index contributed by atoms with van der Waals surface area (Å²) >= 11 is 0. The molecule has 1 unspecified atom stereocenters. The first kappa shape index (κ1) is 13.5. The van der Waals surface area contributed by atoms with E-state index in [-0.39, 0.29) is 18.6 Å². The van der Waals surface area contributed by atoms with Crippen LogP contribution in [0.3, 0.4) is 0 Å². The molecule has 1 rings (SSSR count). The Hall–Kier alpha value is -1.56. The number of carbonyl (C=O) groups is 2. The van der Waals surface area contributed by atoms with Crippen molar-refractivity contribution in [3.8, 4) is 0 Å². The maximum absolute atomic E-state index is 11.8. The summed E-state index contributed by atoms with van der Waals surface area (Å²) in [5, 5.41) is 11.4. The predicted molar refractivity (Wildman–Crippen MR) is 61.4 cm³/mol. The number of hydrogen-bond acceptors (Lipinski definition) is 4. The first-order valence-corrected chi connectivity index (χ1v) is 5.55. The molecule has 0 aromatic heterocycles. The minimum absolute atomic E-state index is 0.0507. The van der Waals surface area contributed by atoms with Gasteiger partial charge in [0.05, 0.1) is 13.2 Å². The topological polar surface area (TPSA) is 78.9 Å². The first-order valence-electron chi connectivity index (χ1n) is 5.55. The number of amides is 1. The molecule has 2 N–H and O–H groups in total. The molecule has 96 valence electrons. The molecule has 1 saturated heterocycles. The molecule has 1 heterocycles. The lowest BCUT2D eigenvalue weighted by atomic mass is 10.2. The van der Waals surface area contributed by atoms with E-state index in [2.05, 4.69) is 5.32 Å². The summed E-state index contributed by atoms with van der Waals surface area (Å²) in [6.07, 6.45) is 2.45. The van der Waals surface area contributed by atoms with Gasteiger partial charge in [-0.15, -0.1) is 0 Å². The molecule has 6 nitrogen and oxygen atoms in total. The zero-order valence-electron chi connectivity index (χ0n) is 10.0. The number of aliphatic carboxylic acids is 1. The largest absolute Gasteiger partial charge is 0.478 e. The van der Waals surface area contributed by atoms with Crippen molar-refractivity contribution in [1.29, 1.82) is 0 Å². The zero-order valence-corrected chi connectivity index (χ0v) is 10.0. The lowest BCUT2D eigenvalue weighted by Crippen LogP contribution is -2.52. The van der Waals surface area contributed by atoms with Gasteiger partial charge in [0, 0.05) is 24.9 Å². The summed E-state index contributed by atoms with van der Waals surface area (Å²) in [7, 11) is 0. The lowest BCUT2D eigenvalue weighted by Gasteiger charge is -2.33. The number of hydrogen-bond donors (Lipinski definition) is 2. The van der Waals surface area contributed by atoms with Crippen LogP contribution in [0.1, 0.15) is 13.8 Å². The zero-order chi connectivity index (χ0) is 12.8. The molecule has 1 atom stereocenters. The second-order valence-corrected chi connectivity index (χ2v) is 4.15. The van der Waals surface area contributed by atoms with Crippen molar-refractivity contribution in [1.82, 2.24) is 10.2 Å². The van der Waals surface area contributed by atoms with Gasteiger partial charge in [-0.05, 0) is 13.8 Å². The van der Waals surface area contributed by atoms with Crippen LogP contribution < -0.4 is 5.32 Å². The SMILES string of the molecule is CC(C)NC(=O)C1COCCN1/C=C/C(=O)O. The van der Waals surface area contributed by atoms with Gasteiger partial charge in [-0.25, -0.2) is 4.79 Å². The minimum Gasteiger partial charge on any atom is -0.478 e. The molecule has 0 aromatic carbocycles. The van der Waals surface area contributed by atoms with Gasteiger partial charge in [-0.3, -0.25) is 4.79 Å². The molecule has 0 radical (unpaired) electrons. The van der Waals surface area contributed by atoms with Crippen molar-refractivity contribution >= 4 is 11.9 Å². The first-order chi connectivity index (χ1) is 8.00. The summed E-state index contributed by atoms with van der Waals surface area (Å²) < 4.78 is 5.24. The number of morpholine rings is 1. The van der Waals surface area contributed by atoms with Gasteiger partial charge < -0.3 is 20.1 Å². The van der Waals surface area contributed by atoms with E-state index < -0.39 is 12.0 Å². The summed E-state index contributed by atoms with van der Waals surface area (Å²) in [6, 6.07) is -0.406. The molecule has 1 aliphatic rings. The number of carbonyl (C=O) groups excluding carboxylic acids is 1. The highest BCUT2D eigenvalue weighted by atomic mass is 16.5. The van der Waals surface area contributed by atoms with Gasteiger partial charge in [0.2, 0.25) is 5.91 Å². The Kier molecular flexibility index (Phi) is 4.96. The van der Waals surface area contributed by atoms with Crippen LogP contribution >= 0.6 is 0 Å². The second-order valence-electron chi connectivity index (χ2n) is 4.15. The van der Waals surface area contributed by atoms with E-state index in [1.807, 2.05) is 13.8 Å². The Labute approximate surface area is 100 Å². The molecular formula is C11H18N2O4. The molecule has 0 spiro atoms. The Morgan fingerprint density at radius 2 is 2.24 bits per heavy atom. The summed E-state index contributed by atoms with van der Waals surface area (Å²) in [4.78, 5) is 24.0. The molecular weight excluding hydrogens is 224 g/mol. The fourth-order valence-corrected chi connectivity index (χ4v) is 1.56. The molecule has 0 bridgehead atoms. The van der Waals surface area contributed by atoms with Gasteiger partial charge in [0.1, 0.15) is 6.04 Å². The Bertz CT molecular complexity index is 315. The van der Waals surface area contributed by atoms with Gasteiger partial charge in [-0.2, -0.15) is 0 Å². The highest BCUT2D eigenvalue weighted by molar-refractivity contribution is 5.83. The Balaban J connectivity index is 2.65.